The van der Waals surface area contributed by atoms with Crippen molar-refractivity contribution >= 4 is 11.8 Å². The summed E-state index contributed by atoms with van der Waals surface area (Å²) in [4.78, 5) is 12.3. The Morgan fingerprint density at radius 2 is 2.06 bits per heavy atom. The second kappa shape index (κ2) is 4.81. The quantitative estimate of drug-likeness (QED) is 0.871. The average Bonchev–Trinajstić information content (AvgIpc) is 2.71. The second-order valence-electron chi connectivity index (χ2n) is 4.93. The summed E-state index contributed by atoms with van der Waals surface area (Å²) in [5.74, 6) is 0.0987. The summed E-state index contributed by atoms with van der Waals surface area (Å²) in [7, 11) is 0. The minimum Gasteiger partial charge on any atom is -0.338 e. The minimum atomic E-state index is -0.897. The van der Waals surface area contributed by atoms with Crippen molar-refractivity contribution in [3.05, 3.63) is 11.3 Å². The summed E-state index contributed by atoms with van der Waals surface area (Å²) in [6.45, 7) is 3.65. The molecule has 5 heteroatoms. The van der Waals surface area contributed by atoms with Crippen molar-refractivity contribution in [3.63, 3.8) is 0 Å². The fourth-order valence-corrected chi connectivity index (χ4v) is 2.30. The van der Waals surface area contributed by atoms with Crippen molar-refractivity contribution in [1.29, 1.82) is 5.26 Å². The topological polar surface area (TPSA) is 78.9 Å². The molecule has 0 aromatic carbocycles. The third kappa shape index (κ3) is 2.10. The van der Waals surface area contributed by atoms with Crippen LogP contribution in [0.3, 0.4) is 0 Å². The molecule has 0 atom stereocenters. The molecule has 96 valence electrons. The van der Waals surface area contributed by atoms with Gasteiger partial charge in [-0.15, -0.1) is 0 Å². The van der Waals surface area contributed by atoms with E-state index in [1.165, 1.54) is 0 Å². The number of aromatic nitrogens is 1. The van der Waals surface area contributed by atoms with E-state index < -0.39 is 5.41 Å². The van der Waals surface area contributed by atoms with Crippen LogP contribution in [-0.2, 0) is 4.79 Å². The molecule has 0 saturated heterocycles. The van der Waals surface area contributed by atoms with Crippen LogP contribution in [0.15, 0.2) is 4.52 Å². The van der Waals surface area contributed by atoms with Crippen molar-refractivity contribution in [2.75, 3.05) is 5.32 Å². The number of amides is 1. The third-order valence-corrected chi connectivity index (χ3v) is 3.74. The van der Waals surface area contributed by atoms with E-state index >= 15 is 0 Å². The Morgan fingerprint density at radius 1 is 1.39 bits per heavy atom. The molecular formula is C13H17N3O2. The largest absolute Gasteiger partial charge is 0.338 e. The lowest BCUT2D eigenvalue weighted by atomic mass is 9.74. The van der Waals surface area contributed by atoms with Gasteiger partial charge in [0.15, 0.2) is 0 Å². The number of nitrogens with one attached hydrogen (secondary N) is 1. The van der Waals surface area contributed by atoms with Crippen molar-refractivity contribution in [2.24, 2.45) is 5.41 Å². The van der Waals surface area contributed by atoms with Crippen molar-refractivity contribution in [3.8, 4) is 6.07 Å². The minimum absolute atomic E-state index is 0.260. The van der Waals surface area contributed by atoms with Crippen LogP contribution < -0.4 is 5.32 Å². The lowest BCUT2D eigenvalue weighted by Crippen LogP contribution is -2.36. The van der Waals surface area contributed by atoms with E-state index in [4.69, 9.17) is 4.52 Å². The zero-order valence-electron chi connectivity index (χ0n) is 10.7. The van der Waals surface area contributed by atoms with Crippen LogP contribution in [0.1, 0.15) is 43.4 Å². The van der Waals surface area contributed by atoms with E-state index in [0.29, 0.717) is 18.7 Å². The molecule has 1 aliphatic rings. The maximum Gasteiger partial charge on any atom is 0.247 e. The Balaban J connectivity index is 2.16. The number of nitrogens with zero attached hydrogens (tertiary/aromatic N) is 2. The monoisotopic (exact) mass is 247 g/mol. The fraction of sp³-hybridized carbons (Fsp3) is 0.615. The summed E-state index contributed by atoms with van der Waals surface area (Å²) in [5, 5.41) is 15.8. The van der Waals surface area contributed by atoms with Gasteiger partial charge in [-0.1, -0.05) is 24.4 Å². The van der Waals surface area contributed by atoms with Gasteiger partial charge in [0.25, 0.3) is 0 Å². The lowest BCUT2D eigenvalue weighted by Gasteiger charge is -2.28. The molecule has 0 radical (unpaired) electrons. The molecule has 1 N–H and O–H groups in total. The van der Waals surface area contributed by atoms with Crippen LogP contribution in [0.5, 0.6) is 0 Å². The Bertz CT molecular complexity index is 493. The van der Waals surface area contributed by atoms with Gasteiger partial charge in [-0.3, -0.25) is 10.1 Å². The van der Waals surface area contributed by atoms with Crippen LogP contribution in [0, 0.1) is 30.6 Å². The van der Waals surface area contributed by atoms with Crippen LogP contribution >= 0.6 is 0 Å². The highest BCUT2D eigenvalue weighted by molar-refractivity contribution is 5.96. The molecule has 0 unspecified atom stereocenters. The number of hydrogen-bond donors (Lipinski definition) is 1. The highest BCUT2D eigenvalue weighted by Gasteiger charge is 2.40. The summed E-state index contributed by atoms with van der Waals surface area (Å²) >= 11 is 0. The fourth-order valence-electron chi connectivity index (χ4n) is 2.30. The first-order valence-electron chi connectivity index (χ1n) is 6.25. The number of aryl methyl sites for hydroxylation is 1. The highest BCUT2D eigenvalue weighted by Crippen LogP contribution is 2.37. The number of carbonyl (C=O) groups is 1. The molecular weight excluding hydrogens is 230 g/mol. The zero-order valence-corrected chi connectivity index (χ0v) is 10.7. The number of nitriles is 1. The molecule has 1 heterocycles. The smallest absolute Gasteiger partial charge is 0.247 e. The van der Waals surface area contributed by atoms with E-state index in [9.17, 15) is 10.1 Å². The maximum atomic E-state index is 12.3. The first kappa shape index (κ1) is 12.6. The molecule has 0 bridgehead atoms. The molecule has 5 nitrogen and oxygen atoms in total. The van der Waals surface area contributed by atoms with Crippen molar-refractivity contribution in [1.82, 2.24) is 5.16 Å². The van der Waals surface area contributed by atoms with Gasteiger partial charge < -0.3 is 4.52 Å². The summed E-state index contributed by atoms with van der Waals surface area (Å²) in [6, 6.07) is 2.19. The van der Waals surface area contributed by atoms with Gasteiger partial charge in [0.05, 0.1) is 11.8 Å². The van der Waals surface area contributed by atoms with Gasteiger partial charge in [0.1, 0.15) is 5.41 Å². The number of hydrogen-bond acceptors (Lipinski definition) is 4. The average molecular weight is 247 g/mol. The number of carbonyl (C=O) groups excluding carboxylic acids is 1. The van der Waals surface area contributed by atoms with Crippen molar-refractivity contribution < 1.29 is 9.32 Å². The zero-order chi connectivity index (χ0) is 13.2. The first-order valence-corrected chi connectivity index (χ1v) is 6.25. The Morgan fingerprint density at radius 3 is 2.56 bits per heavy atom. The van der Waals surface area contributed by atoms with Crippen LogP contribution in [0.4, 0.5) is 5.88 Å². The predicted molar refractivity (Wildman–Crippen MR) is 65.7 cm³/mol. The van der Waals surface area contributed by atoms with Gasteiger partial charge in [0, 0.05) is 5.56 Å². The van der Waals surface area contributed by atoms with Gasteiger partial charge in [0.2, 0.25) is 11.8 Å². The Labute approximate surface area is 106 Å². The van der Waals surface area contributed by atoms with Crippen molar-refractivity contribution in [2.45, 2.75) is 46.0 Å². The second-order valence-corrected chi connectivity index (χ2v) is 4.93. The standard InChI is InChI=1S/C13H17N3O2/c1-9-10(2)16-18-11(9)15-12(17)13(8-14)6-4-3-5-7-13/h3-7H2,1-2H3,(H,15,17). The summed E-state index contributed by atoms with van der Waals surface area (Å²) < 4.78 is 5.05. The van der Waals surface area contributed by atoms with Gasteiger partial charge in [-0.25, -0.2) is 0 Å². The molecule has 1 aliphatic carbocycles. The van der Waals surface area contributed by atoms with E-state index in [-0.39, 0.29) is 5.91 Å². The molecule has 1 amide bonds. The number of rotatable bonds is 2. The molecule has 18 heavy (non-hydrogen) atoms. The Kier molecular flexibility index (Phi) is 3.37. The molecule has 1 aromatic heterocycles. The van der Waals surface area contributed by atoms with Gasteiger partial charge in [-0.05, 0) is 26.7 Å². The first-order chi connectivity index (χ1) is 8.59. The molecule has 0 spiro atoms. The van der Waals surface area contributed by atoms with Crippen LogP contribution in [-0.4, -0.2) is 11.1 Å². The molecule has 1 fully saturated rings. The molecule has 0 aliphatic heterocycles. The molecule has 1 saturated carbocycles. The molecule has 1 aromatic rings. The van der Waals surface area contributed by atoms with Gasteiger partial charge >= 0.3 is 0 Å². The van der Waals surface area contributed by atoms with E-state index in [1.807, 2.05) is 13.8 Å². The van der Waals surface area contributed by atoms with Crippen LogP contribution in [0.2, 0.25) is 0 Å². The molecule has 2 rings (SSSR count). The highest BCUT2D eigenvalue weighted by atomic mass is 16.5. The summed E-state index contributed by atoms with van der Waals surface area (Å²) in [5.41, 5.74) is 0.665. The van der Waals surface area contributed by atoms with E-state index in [0.717, 1.165) is 30.5 Å². The lowest BCUT2D eigenvalue weighted by molar-refractivity contribution is -0.124. The van der Waals surface area contributed by atoms with E-state index in [1.54, 1.807) is 0 Å². The van der Waals surface area contributed by atoms with Gasteiger partial charge in [-0.2, -0.15) is 5.26 Å². The Hall–Kier alpha value is -1.83. The predicted octanol–water partition coefficient (Wildman–Crippen LogP) is 2.70. The van der Waals surface area contributed by atoms with E-state index in [2.05, 4.69) is 16.5 Å². The third-order valence-electron chi connectivity index (χ3n) is 3.74. The van der Waals surface area contributed by atoms with Crippen LogP contribution in [0.25, 0.3) is 0 Å². The SMILES string of the molecule is Cc1noc(NC(=O)C2(C#N)CCCCC2)c1C. The maximum absolute atomic E-state index is 12.3. The number of anilines is 1. The normalized spacial score (nSPS) is 18.1. The summed E-state index contributed by atoms with van der Waals surface area (Å²) in [6.07, 6.45) is 4.20.